The molecule has 0 radical (unpaired) electrons. The fourth-order valence-electron chi connectivity index (χ4n) is 2.25. The Bertz CT molecular complexity index is 718. The van der Waals surface area contributed by atoms with Gasteiger partial charge in [-0.15, -0.1) is 13.2 Å². The standard InChI is InChI=1S/C18H18F4N2O2/c19-15-3-1-2-14(12-15)9-11-24-17(25)23-10-8-13-4-6-16(7-5-13)26-18(20,21)22/h1-7,12H,8-11H2,(H2,23,24,25). The zero-order chi connectivity index (χ0) is 19.0. The van der Waals surface area contributed by atoms with Gasteiger partial charge in [-0.05, 0) is 48.2 Å². The van der Waals surface area contributed by atoms with Crippen molar-refractivity contribution in [2.24, 2.45) is 0 Å². The van der Waals surface area contributed by atoms with E-state index in [1.54, 1.807) is 12.1 Å². The molecule has 0 unspecified atom stereocenters. The molecular weight excluding hydrogens is 352 g/mol. The highest BCUT2D eigenvalue weighted by atomic mass is 19.4. The van der Waals surface area contributed by atoms with E-state index in [4.69, 9.17) is 0 Å². The number of ether oxygens (including phenoxy) is 1. The maximum absolute atomic E-state index is 13.0. The molecule has 0 saturated heterocycles. The molecule has 2 N–H and O–H groups in total. The van der Waals surface area contributed by atoms with E-state index in [1.807, 2.05) is 0 Å². The van der Waals surface area contributed by atoms with Gasteiger partial charge in [0.1, 0.15) is 11.6 Å². The van der Waals surface area contributed by atoms with Crippen LogP contribution >= 0.6 is 0 Å². The van der Waals surface area contributed by atoms with Gasteiger partial charge in [-0.3, -0.25) is 0 Å². The van der Waals surface area contributed by atoms with E-state index in [0.717, 1.165) is 11.1 Å². The normalized spacial score (nSPS) is 11.1. The molecule has 0 atom stereocenters. The lowest BCUT2D eigenvalue weighted by molar-refractivity contribution is -0.274. The summed E-state index contributed by atoms with van der Waals surface area (Å²) in [5, 5.41) is 5.30. The lowest BCUT2D eigenvalue weighted by atomic mass is 10.1. The minimum Gasteiger partial charge on any atom is -0.406 e. The molecule has 0 spiro atoms. The van der Waals surface area contributed by atoms with Crippen molar-refractivity contribution in [1.29, 1.82) is 0 Å². The number of nitrogens with one attached hydrogen (secondary N) is 2. The molecule has 0 aliphatic heterocycles. The fraction of sp³-hybridized carbons (Fsp3) is 0.278. The van der Waals surface area contributed by atoms with E-state index in [1.165, 1.54) is 36.4 Å². The average Bonchev–Trinajstić information content (AvgIpc) is 2.55. The van der Waals surface area contributed by atoms with Crippen molar-refractivity contribution in [1.82, 2.24) is 10.6 Å². The van der Waals surface area contributed by atoms with Crippen molar-refractivity contribution in [3.8, 4) is 5.75 Å². The van der Waals surface area contributed by atoms with Gasteiger partial charge in [0.05, 0.1) is 0 Å². The monoisotopic (exact) mass is 370 g/mol. The van der Waals surface area contributed by atoms with Crippen molar-refractivity contribution >= 4 is 6.03 Å². The molecule has 0 aliphatic carbocycles. The van der Waals surface area contributed by atoms with Crippen LogP contribution in [0.4, 0.5) is 22.4 Å². The number of benzene rings is 2. The van der Waals surface area contributed by atoms with Crippen LogP contribution in [0.15, 0.2) is 48.5 Å². The van der Waals surface area contributed by atoms with Crippen LogP contribution in [0, 0.1) is 5.82 Å². The molecule has 2 aromatic rings. The first-order valence-corrected chi connectivity index (χ1v) is 7.93. The Morgan fingerprint density at radius 2 is 1.54 bits per heavy atom. The van der Waals surface area contributed by atoms with E-state index in [9.17, 15) is 22.4 Å². The van der Waals surface area contributed by atoms with Crippen molar-refractivity contribution in [2.75, 3.05) is 13.1 Å². The SMILES string of the molecule is O=C(NCCc1ccc(OC(F)(F)F)cc1)NCCc1cccc(F)c1. The van der Waals surface area contributed by atoms with Gasteiger partial charge in [0.15, 0.2) is 0 Å². The van der Waals surface area contributed by atoms with Crippen molar-refractivity contribution in [2.45, 2.75) is 19.2 Å². The van der Waals surface area contributed by atoms with E-state index >= 15 is 0 Å². The van der Waals surface area contributed by atoms with Gasteiger partial charge in [0, 0.05) is 13.1 Å². The van der Waals surface area contributed by atoms with Crippen molar-refractivity contribution in [3.05, 3.63) is 65.5 Å². The molecule has 0 aliphatic rings. The zero-order valence-electron chi connectivity index (χ0n) is 13.8. The molecule has 0 bridgehead atoms. The molecule has 2 aromatic carbocycles. The molecular formula is C18H18F4N2O2. The molecule has 2 amide bonds. The predicted molar refractivity (Wildman–Crippen MR) is 88.3 cm³/mol. The van der Waals surface area contributed by atoms with Crippen molar-refractivity contribution in [3.63, 3.8) is 0 Å². The molecule has 0 aromatic heterocycles. The summed E-state index contributed by atoms with van der Waals surface area (Å²) >= 11 is 0. The Balaban J connectivity index is 1.65. The minimum absolute atomic E-state index is 0.288. The Hall–Kier alpha value is -2.77. The lowest BCUT2D eigenvalue weighted by Gasteiger charge is -2.10. The smallest absolute Gasteiger partial charge is 0.406 e. The van der Waals surface area contributed by atoms with Gasteiger partial charge < -0.3 is 15.4 Å². The summed E-state index contributed by atoms with van der Waals surface area (Å²) in [5.41, 5.74) is 1.55. The summed E-state index contributed by atoms with van der Waals surface area (Å²) in [6, 6.07) is 11.2. The van der Waals surface area contributed by atoms with Crippen LogP contribution in [0.1, 0.15) is 11.1 Å². The second-order valence-corrected chi connectivity index (χ2v) is 5.50. The third-order valence-corrected chi connectivity index (χ3v) is 3.44. The predicted octanol–water partition coefficient (Wildman–Crippen LogP) is 3.81. The first-order valence-electron chi connectivity index (χ1n) is 7.93. The number of urea groups is 1. The summed E-state index contributed by atoms with van der Waals surface area (Å²) in [7, 11) is 0. The number of hydrogen-bond acceptors (Lipinski definition) is 2. The summed E-state index contributed by atoms with van der Waals surface area (Å²) in [6.45, 7) is 0.685. The highest BCUT2D eigenvalue weighted by Gasteiger charge is 2.30. The maximum Gasteiger partial charge on any atom is 0.573 e. The fourth-order valence-corrected chi connectivity index (χ4v) is 2.25. The average molecular weight is 370 g/mol. The van der Waals surface area contributed by atoms with Gasteiger partial charge >= 0.3 is 12.4 Å². The van der Waals surface area contributed by atoms with Crippen LogP contribution in [0.5, 0.6) is 5.75 Å². The summed E-state index contributed by atoms with van der Waals surface area (Å²) < 4.78 is 53.0. The Kier molecular flexibility index (Phi) is 6.82. The summed E-state index contributed by atoms with van der Waals surface area (Å²) in [4.78, 5) is 11.7. The molecule has 140 valence electrons. The Morgan fingerprint density at radius 1 is 0.923 bits per heavy atom. The van der Waals surface area contributed by atoms with Crippen LogP contribution in [0.25, 0.3) is 0 Å². The van der Waals surface area contributed by atoms with Crippen LogP contribution in [-0.2, 0) is 12.8 Å². The quantitative estimate of drug-likeness (QED) is 0.729. The Labute approximate surface area is 148 Å². The summed E-state index contributed by atoms with van der Waals surface area (Å²) in [5.74, 6) is -0.608. The zero-order valence-corrected chi connectivity index (χ0v) is 13.8. The van der Waals surface area contributed by atoms with Gasteiger partial charge in [0.25, 0.3) is 0 Å². The first kappa shape index (κ1) is 19.6. The number of alkyl halides is 3. The molecule has 0 fully saturated rings. The second-order valence-electron chi connectivity index (χ2n) is 5.50. The second kappa shape index (κ2) is 9.07. The van der Waals surface area contributed by atoms with Gasteiger partial charge in [-0.1, -0.05) is 24.3 Å². The molecule has 26 heavy (non-hydrogen) atoms. The number of halogens is 4. The van der Waals surface area contributed by atoms with Gasteiger partial charge in [-0.2, -0.15) is 0 Å². The molecule has 8 heteroatoms. The Morgan fingerprint density at radius 3 is 2.12 bits per heavy atom. The van der Waals surface area contributed by atoms with Crippen LogP contribution in [-0.4, -0.2) is 25.5 Å². The highest BCUT2D eigenvalue weighted by molar-refractivity contribution is 5.73. The molecule has 2 rings (SSSR count). The molecule has 0 heterocycles. The summed E-state index contributed by atoms with van der Waals surface area (Å²) in [6.07, 6.45) is -3.75. The largest absolute Gasteiger partial charge is 0.573 e. The highest BCUT2D eigenvalue weighted by Crippen LogP contribution is 2.22. The van der Waals surface area contributed by atoms with Crippen LogP contribution in [0.3, 0.4) is 0 Å². The lowest BCUT2D eigenvalue weighted by Crippen LogP contribution is -2.37. The number of rotatable bonds is 7. The third-order valence-electron chi connectivity index (χ3n) is 3.44. The number of amides is 2. The minimum atomic E-state index is -4.72. The van der Waals surface area contributed by atoms with Gasteiger partial charge in [-0.25, -0.2) is 9.18 Å². The van der Waals surface area contributed by atoms with Crippen LogP contribution < -0.4 is 15.4 Å². The number of carbonyl (C=O) groups is 1. The topological polar surface area (TPSA) is 50.4 Å². The molecule has 0 saturated carbocycles. The van der Waals surface area contributed by atoms with E-state index in [0.29, 0.717) is 25.9 Å². The third kappa shape index (κ3) is 7.42. The van der Waals surface area contributed by atoms with Crippen molar-refractivity contribution < 1.29 is 27.1 Å². The van der Waals surface area contributed by atoms with Crippen LogP contribution in [0.2, 0.25) is 0 Å². The first-order chi connectivity index (χ1) is 12.3. The maximum atomic E-state index is 13.0. The number of hydrogen-bond donors (Lipinski definition) is 2. The van der Waals surface area contributed by atoms with E-state index < -0.39 is 6.36 Å². The number of carbonyl (C=O) groups excluding carboxylic acids is 1. The van der Waals surface area contributed by atoms with Gasteiger partial charge in [0.2, 0.25) is 0 Å². The van der Waals surface area contributed by atoms with E-state index in [2.05, 4.69) is 15.4 Å². The molecule has 4 nitrogen and oxygen atoms in total. The van der Waals surface area contributed by atoms with E-state index in [-0.39, 0.29) is 17.6 Å².